The Kier molecular flexibility index (Phi) is 2.64. The van der Waals surface area contributed by atoms with E-state index in [0.717, 1.165) is 0 Å². The minimum Gasteiger partial charge on any atom is -0.352 e. The molecule has 1 heterocycles. The molecular formula is C5H5Cl3N2O3. The molecular weight excluding hydrogens is 242 g/mol. The van der Waals surface area contributed by atoms with Gasteiger partial charge >= 0.3 is 11.8 Å². The molecule has 2 amide bonds. The third-order valence-electron chi connectivity index (χ3n) is 1.49. The molecule has 0 atom stereocenters. The number of carbonyl (C=O) groups is 2. The lowest BCUT2D eigenvalue weighted by Gasteiger charge is -2.32. The van der Waals surface area contributed by atoms with Crippen molar-refractivity contribution in [1.29, 1.82) is 0 Å². The standard InChI is InChI=1S/C5H5Cl3N2O3/c6-1-4(7,8)5(13)9-2(11)3(12)10-5/h13H,1H2,(H,9,11)(H,10,12). The number of hydrogen-bond donors (Lipinski definition) is 3. The van der Waals surface area contributed by atoms with Crippen molar-refractivity contribution in [2.45, 2.75) is 10.2 Å². The number of rotatable bonds is 2. The van der Waals surface area contributed by atoms with Crippen LogP contribution in [0, 0.1) is 0 Å². The van der Waals surface area contributed by atoms with Crippen molar-refractivity contribution < 1.29 is 14.7 Å². The van der Waals surface area contributed by atoms with Crippen molar-refractivity contribution in [3.63, 3.8) is 0 Å². The zero-order valence-corrected chi connectivity index (χ0v) is 8.37. The highest BCUT2D eigenvalue weighted by Gasteiger charge is 2.55. The summed E-state index contributed by atoms with van der Waals surface area (Å²) in [4.78, 5) is 21.4. The van der Waals surface area contributed by atoms with Crippen molar-refractivity contribution in [1.82, 2.24) is 10.6 Å². The highest BCUT2D eigenvalue weighted by molar-refractivity contribution is 6.53. The third kappa shape index (κ3) is 1.69. The molecule has 8 heteroatoms. The zero-order valence-electron chi connectivity index (χ0n) is 6.10. The van der Waals surface area contributed by atoms with E-state index in [0.29, 0.717) is 0 Å². The predicted octanol–water partition coefficient (Wildman–Crippen LogP) is -0.709. The molecule has 1 fully saturated rings. The van der Waals surface area contributed by atoms with Crippen LogP contribution in [-0.2, 0) is 9.59 Å². The molecule has 5 nitrogen and oxygen atoms in total. The zero-order chi connectivity index (χ0) is 10.3. The van der Waals surface area contributed by atoms with Gasteiger partial charge < -0.3 is 5.11 Å². The lowest BCUT2D eigenvalue weighted by molar-refractivity contribution is -0.135. The van der Waals surface area contributed by atoms with Crippen LogP contribution in [-0.4, -0.2) is 33.0 Å². The number of alkyl halides is 3. The summed E-state index contributed by atoms with van der Waals surface area (Å²) in [5, 5.41) is 13.3. The fourth-order valence-corrected chi connectivity index (χ4v) is 1.14. The number of carbonyl (C=O) groups excluding carboxylic acids is 2. The normalized spacial score (nSPS) is 21.2. The largest absolute Gasteiger partial charge is 0.352 e. The van der Waals surface area contributed by atoms with E-state index in [4.69, 9.17) is 34.8 Å². The molecule has 0 bridgehead atoms. The Morgan fingerprint density at radius 1 is 1.31 bits per heavy atom. The molecule has 0 aromatic rings. The predicted molar refractivity (Wildman–Crippen MR) is 46.4 cm³/mol. The quantitative estimate of drug-likeness (QED) is 0.446. The van der Waals surface area contributed by atoms with E-state index in [-0.39, 0.29) is 5.88 Å². The molecule has 1 rings (SSSR count). The van der Waals surface area contributed by atoms with Crippen LogP contribution in [0.5, 0.6) is 0 Å². The number of aliphatic hydroxyl groups is 1. The van der Waals surface area contributed by atoms with Crippen molar-refractivity contribution >= 4 is 46.6 Å². The Hall–Kier alpha value is -0.230. The lowest BCUT2D eigenvalue weighted by atomic mass is 10.3. The molecule has 0 radical (unpaired) electrons. The summed E-state index contributed by atoms with van der Waals surface area (Å²) in [7, 11) is 0. The van der Waals surface area contributed by atoms with E-state index >= 15 is 0 Å². The average Bonchev–Trinajstić information content (AvgIpc) is 2.28. The maximum atomic E-state index is 10.7. The summed E-state index contributed by atoms with van der Waals surface area (Å²) in [5.41, 5.74) is 0. The Morgan fingerprint density at radius 3 is 2.00 bits per heavy atom. The van der Waals surface area contributed by atoms with Crippen LogP contribution in [0.3, 0.4) is 0 Å². The number of amides is 2. The smallest absolute Gasteiger partial charge is 0.313 e. The lowest BCUT2D eigenvalue weighted by Crippen LogP contribution is -2.62. The van der Waals surface area contributed by atoms with Crippen molar-refractivity contribution in [3.8, 4) is 0 Å². The van der Waals surface area contributed by atoms with Gasteiger partial charge in [0.1, 0.15) is 0 Å². The molecule has 1 aliphatic heterocycles. The summed E-state index contributed by atoms with van der Waals surface area (Å²) >= 11 is 16.4. The number of hydrogen-bond acceptors (Lipinski definition) is 3. The van der Waals surface area contributed by atoms with E-state index in [9.17, 15) is 14.7 Å². The third-order valence-corrected chi connectivity index (χ3v) is 2.98. The van der Waals surface area contributed by atoms with Gasteiger partial charge in [-0.15, -0.1) is 11.6 Å². The second-order valence-electron chi connectivity index (χ2n) is 2.46. The van der Waals surface area contributed by atoms with Gasteiger partial charge in [0.25, 0.3) is 5.85 Å². The second-order valence-corrected chi connectivity index (χ2v) is 4.21. The highest BCUT2D eigenvalue weighted by atomic mass is 35.5. The maximum absolute atomic E-state index is 10.7. The molecule has 0 unspecified atom stereocenters. The Balaban J connectivity index is 2.92. The van der Waals surface area contributed by atoms with Gasteiger partial charge in [0, 0.05) is 0 Å². The van der Waals surface area contributed by atoms with E-state index in [1.165, 1.54) is 0 Å². The number of nitrogens with one attached hydrogen (secondary N) is 2. The molecule has 1 saturated heterocycles. The van der Waals surface area contributed by atoms with Gasteiger partial charge in [-0.25, -0.2) is 0 Å². The van der Waals surface area contributed by atoms with E-state index in [2.05, 4.69) is 0 Å². The van der Waals surface area contributed by atoms with Gasteiger partial charge in [-0.3, -0.25) is 20.2 Å². The highest BCUT2D eigenvalue weighted by Crippen LogP contribution is 2.33. The monoisotopic (exact) mass is 246 g/mol. The molecule has 0 aliphatic carbocycles. The topological polar surface area (TPSA) is 78.4 Å². The fraction of sp³-hybridized carbons (Fsp3) is 0.600. The van der Waals surface area contributed by atoms with Gasteiger partial charge in [-0.05, 0) is 0 Å². The SMILES string of the molecule is O=C1NC(O)(C(Cl)(Cl)CCl)NC1=O. The molecule has 74 valence electrons. The van der Waals surface area contributed by atoms with Crippen LogP contribution >= 0.6 is 34.8 Å². The molecule has 13 heavy (non-hydrogen) atoms. The first-order valence-electron chi connectivity index (χ1n) is 3.13. The number of halogens is 3. The Labute approximate surface area is 88.3 Å². The first kappa shape index (κ1) is 10.8. The van der Waals surface area contributed by atoms with Gasteiger partial charge in [0.15, 0.2) is 4.33 Å². The van der Waals surface area contributed by atoms with Crippen molar-refractivity contribution in [2.75, 3.05) is 5.88 Å². The van der Waals surface area contributed by atoms with Crippen LogP contribution < -0.4 is 10.6 Å². The van der Waals surface area contributed by atoms with Gasteiger partial charge in [0.2, 0.25) is 0 Å². The first-order valence-corrected chi connectivity index (χ1v) is 4.42. The van der Waals surface area contributed by atoms with Gasteiger partial charge in [-0.2, -0.15) is 0 Å². The molecule has 0 aromatic carbocycles. The van der Waals surface area contributed by atoms with Gasteiger partial charge in [-0.1, -0.05) is 23.2 Å². The van der Waals surface area contributed by atoms with Crippen LogP contribution in [0.2, 0.25) is 0 Å². The van der Waals surface area contributed by atoms with Crippen LogP contribution in [0.15, 0.2) is 0 Å². The van der Waals surface area contributed by atoms with Crippen molar-refractivity contribution in [3.05, 3.63) is 0 Å². The molecule has 3 N–H and O–H groups in total. The average molecular weight is 247 g/mol. The second kappa shape index (κ2) is 3.16. The summed E-state index contributed by atoms with van der Waals surface area (Å²) in [5.74, 6) is -4.62. The summed E-state index contributed by atoms with van der Waals surface area (Å²) < 4.78 is -1.88. The Bertz CT molecular complexity index is 252. The molecule has 0 aromatic heterocycles. The molecule has 0 spiro atoms. The minimum atomic E-state index is -2.22. The van der Waals surface area contributed by atoms with E-state index in [1.807, 2.05) is 10.6 Å². The van der Waals surface area contributed by atoms with Crippen LogP contribution in [0.1, 0.15) is 0 Å². The molecule has 0 saturated carbocycles. The summed E-state index contributed by atoms with van der Waals surface area (Å²) in [6.07, 6.45) is 0. The minimum absolute atomic E-state index is 0.368. The molecule has 1 aliphatic rings. The Morgan fingerprint density at radius 2 is 1.69 bits per heavy atom. The summed E-state index contributed by atoms with van der Waals surface area (Å²) in [6.45, 7) is 0. The van der Waals surface area contributed by atoms with Crippen molar-refractivity contribution in [2.24, 2.45) is 0 Å². The first-order chi connectivity index (χ1) is 5.82. The van der Waals surface area contributed by atoms with E-state index < -0.39 is 22.0 Å². The fourth-order valence-electron chi connectivity index (χ4n) is 0.753. The van der Waals surface area contributed by atoms with E-state index in [1.54, 1.807) is 0 Å². The van der Waals surface area contributed by atoms with Gasteiger partial charge in [0.05, 0.1) is 5.88 Å². The van der Waals surface area contributed by atoms with Crippen LogP contribution in [0.25, 0.3) is 0 Å². The maximum Gasteiger partial charge on any atom is 0.313 e. The van der Waals surface area contributed by atoms with Crippen LogP contribution in [0.4, 0.5) is 0 Å². The summed E-state index contributed by atoms with van der Waals surface area (Å²) in [6, 6.07) is 0.